The van der Waals surface area contributed by atoms with E-state index in [1.807, 2.05) is 37.3 Å². The first-order valence-corrected chi connectivity index (χ1v) is 17.6. The first kappa shape index (κ1) is 33.4. The van der Waals surface area contributed by atoms with Crippen molar-refractivity contribution in [2.24, 2.45) is 17.0 Å². The van der Waals surface area contributed by atoms with Gasteiger partial charge in [-0.2, -0.15) is 0 Å². The van der Waals surface area contributed by atoms with E-state index in [1.165, 1.54) is 6.08 Å². The van der Waals surface area contributed by atoms with Gasteiger partial charge in [0.1, 0.15) is 6.10 Å². The monoisotopic (exact) mass is 590 g/mol. The molecule has 2 aliphatic heterocycles. The van der Waals surface area contributed by atoms with Crippen molar-refractivity contribution in [3.63, 3.8) is 0 Å². The van der Waals surface area contributed by atoms with Gasteiger partial charge in [0, 0.05) is 17.9 Å². The van der Waals surface area contributed by atoms with Crippen LogP contribution in [0.3, 0.4) is 0 Å². The van der Waals surface area contributed by atoms with Gasteiger partial charge >= 0.3 is 0 Å². The number of oxime groups is 1. The van der Waals surface area contributed by atoms with Crippen molar-refractivity contribution in [3.8, 4) is 0 Å². The van der Waals surface area contributed by atoms with Crippen LogP contribution in [0.4, 0.5) is 0 Å². The van der Waals surface area contributed by atoms with E-state index in [-0.39, 0.29) is 35.0 Å². The lowest BCUT2D eigenvalue weighted by Gasteiger charge is -2.38. The average molecular weight is 591 g/mol. The van der Waals surface area contributed by atoms with Crippen molar-refractivity contribution >= 4 is 20.4 Å². The zero-order valence-electron chi connectivity index (χ0n) is 25.8. The van der Waals surface area contributed by atoms with E-state index in [1.54, 1.807) is 20.1 Å². The van der Waals surface area contributed by atoms with Crippen LogP contribution in [0.15, 0.2) is 47.1 Å². The molecule has 9 nitrogen and oxygen atoms in total. The molecule has 0 spiro atoms. The smallest absolute Gasteiger partial charge is 0.286 e. The summed E-state index contributed by atoms with van der Waals surface area (Å²) in [5.74, 6) is -0.553. The van der Waals surface area contributed by atoms with E-state index in [0.717, 1.165) is 11.1 Å². The third-order valence-corrected chi connectivity index (χ3v) is 13.0. The quantitative estimate of drug-likeness (QED) is 0.0947. The third-order valence-electron chi connectivity index (χ3n) is 8.83. The highest BCUT2D eigenvalue weighted by molar-refractivity contribution is 6.74. The van der Waals surface area contributed by atoms with Gasteiger partial charge < -0.3 is 34.6 Å². The highest BCUT2D eigenvalue weighted by atomic mass is 28.4. The Labute approximate surface area is 246 Å². The lowest BCUT2D eigenvalue weighted by molar-refractivity contribution is -0.165. The van der Waals surface area contributed by atoms with Gasteiger partial charge in [-0.05, 0) is 50.4 Å². The first-order valence-electron chi connectivity index (χ1n) is 14.7. The Morgan fingerprint density at radius 1 is 1.17 bits per heavy atom. The van der Waals surface area contributed by atoms with Crippen LogP contribution in [0.2, 0.25) is 18.1 Å². The topological polar surface area (TPSA) is 133 Å². The Bertz CT molecular complexity index is 1060. The normalized spacial score (nSPS) is 29.6. The summed E-state index contributed by atoms with van der Waals surface area (Å²) in [6.45, 7) is 16.4. The SMILES string of the molecule is C/C(=C\C(=O)NC(/C=N/O[Si](C)(C)C(C)(C)C)c1ccccc1)C[C@@H]1OC[C@H](C[C@@H]2O[C@H]2[C@@H](C)[C@H](C)O)[C@@H](O)[C@H]1O. The number of aliphatic hydroxyl groups excluding tert-OH is 3. The van der Waals surface area contributed by atoms with Crippen molar-refractivity contribution in [3.05, 3.63) is 47.5 Å². The number of hydrogen-bond donors (Lipinski definition) is 4. The minimum atomic E-state index is -2.10. The second kappa shape index (κ2) is 13.9. The molecule has 1 aromatic carbocycles. The minimum Gasteiger partial charge on any atom is -0.455 e. The third kappa shape index (κ3) is 9.20. The van der Waals surface area contributed by atoms with Gasteiger partial charge in [0.15, 0.2) is 0 Å². The van der Waals surface area contributed by atoms with Gasteiger partial charge in [-0.1, -0.05) is 63.6 Å². The van der Waals surface area contributed by atoms with Gasteiger partial charge in [-0.25, -0.2) is 0 Å². The largest absolute Gasteiger partial charge is 0.455 e. The Balaban J connectivity index is 1.57. The standard InChI is InChI=1S/C31H50N2O7Si/c1-19(14-25-29(37)28(36)23(18-38-25)16-26-30(39-26)20(2)21(3)34)15-27(35)33-24(22-12-10-9-11-13-22)17-32-40-41(7,8)31(4,5)6/h9-13,15,17,20-21,23-26,28-30,34,36-37H,14,16,18H2,1-8H3,(H,33,35)/b19-15+,32-17+/t20-,21-,23-,24?,25-,26-,28+,29-,30-/m0/s1. The molecule has 0 radical (unpaired) electrons. The highest BCUT2D eigenvalue weighted by Crippen LogP contribution is 2.39. The fourth-order valence-electron chi connectivity index (χ4n) is 4.73. The summed E-state index contributed by atoms with van der Waals surface area (Å²) >= 11 is 0. The van der Waals surface area contributed by atoms with E-state index >= 15 is 0 Å². The van der Waals surface area contributed by atoms with Crippen molar-refractivity contribution in [2.75, 3.05) is 6.61 Å². The number of nitrogens with zero attached hydrogens (tertiary/aromatic N) is 1. The summed E-state index contributed by atoms with van der Waals surface area (Å²) in [5, 5.41) is 38.6. The molecule has 2 aliphatic rings. The summed E-state index contributed by atoms with van der Waals surface area (Å²) < 4.78 is 17.6. The second-order valence-electron chi connectivity index (χ2n) is 13.3. The summed E-state index contributed by atoms with van der Waals surface area (Å²) in [4.78, 5) is 13.0. The number of rotatable bonds is 12. The van der Waals surface area contributed by atoms with Crippen LogP contribution in [0.1, 0.15) is 66.0 Å². The van der Waals surface area contributed by atoms with Crippen LogP contribution < -0.4 is 5.32 Å². The van der Waals surface area contributed by atoms with Crippen molar-refractivity contribution in [2.45, 2.75) is 115 Å². The van der Waals surface area contributed by atoms with E-state index in [4.69, 9.17) is 14.0 Å². The summed E-state index contributed by atoms with van der Waals surface area (Å²) in [7, 11) is -2.10. The first-order chi connectivity index (χ1) is 19.1. The summed E-state index contributed by atoms with van der Waals surface area (Å²) in [6.07, 6.45) is 0.765. The lowest BCUT2D eigenvalue weighted by Crippen LogP contribution is -2.50. The van der Waals surface area contributed by atoms with Crippen molar-refractivity contribution < 1.29 is 34.1 Å². The van der Waals surface area contributed by atoms with Gasteiger partial charge in [-0.3, -0.25) is 4.79 Å². The number of carbonyl (C=O) groups is 1. The Morgan fingerprint density at radius 2 is 1.83 bits per heavy atom. The van der Waals surface area contributed by atoms with Crippen molar-refractivity contribution in [1.82, 2.24) is 5.32 Å². The number of carbonyl (C=O) groups excluding carboxylic acids is 1. The average Bonchev–Trinajstić information content (AvgIpc) is 3.66. The van der Waals surface area contributed by atoms with Crippen LogP contribution >= 0.6 is 0 Å². The molecule has 41 heavy (non-hydrogen) atoms. The Hall–Kier alpha value is -2.08. The van der Waals surface area contributed by atoms with E-state index in [0.29, 0.717) is 19.4 Å². The summed E-state index contributed by atoms with van der Waals surface area (Å²) in [5.41, 5.74) is 1.59. The number of aliphatic hydroxyl groups is 3. The molecule has 10 heteroatoms. The van der Waals surface area contributed by atoms with Gasteiger partial charge in [0.05, 0.1) is 49.4 Å². The molecule has 1 unspecified atom stereocenters. The molecule has 2 saturated heterocycles. The highest BCUT2D eigenvalue weighted by Gasteiger charge is 2.48. The van der Waals surface area contributed by atoms with E-state index < -0.39 is 38.8 Å². The van der Waals surface area contributed by atoms with E-state index in [2.05, 4.69) is 44.3 Å². The van der Waals surface area contributed by atoms with Gasteiger partial charge in [0.25, 0.3) is 8.32 Å². The van der Waals surface area contributed by atoms with Crippen LogP contribution in [0.5, 0.6) is 0 Å². The molecule has 230 valence electrons. The number of ether oxygens (including phenoxy) is 2. The minimum absolute atomic E-state index is 0.000320. The Morgan fingerprint density at radius 3 is 2.44 bits per heavy atom. The molecule has 3 rings (SSSR count). The van der Waals surface area contributed by atoms with Crippen LogP contribution in [-0.2, 0) is 18.8 Å². The fraction of sp³-hybridized carbons (Fsp3) is 0.677. The maximum Gasteiger partial charge on any atom is 0.286 e. The lowest BCUT2D eigenvalue weighted by atomic mass is 9.85. The molecule has 0 aromatic heterocycles. The number of benzene rings is 1. The maximum atomic E-state index is 13.0. The molecule has 4 N–H and O–H groups in total. The van der Waals surface area contributed by atoms with Crippen molar-refractivity contribution in [1.29, 1.82) is 0 Å². The van der Waals surface area contributed by atoms with Crippen LogP contribution in [0, 0.1) is 11.8 Å². The molecule has 9 atom stereocenters. The summed E-state index contributed by atoms with van der Waals surface area (Å²) in [6, 6.07) is 9.08. The molecular formula is C31H50N2O7Si. The van der Waals surface area contributed by atoms with Crippen LogP contribution in [-0.4, -0.2) is 79.0 Å². The molecule has 1 amide bonds. The Kier molecular flexibility index (Phi) is 11.4. The number of epoxide rings is 1. The number of hydrogen-bond acceptors (Lipinski definition) is 8. The molecule has 0 bridgehead atoms. The van der Waals surface area contributed by atoms with Gasteiger partial charge in [-0.15, -0.1) is 5.16 Å². The number of nitrogens with one attached hydrogen (secondary N) is 1. The predicted octanol–water partition coefficient (Wildman–Crippen LogP) is 4.10. The molecule has 0 saturated carbocycles. The van der Waals surface area contributed by atoms with E-state index in [9.17, 15) is 20.1 Å². The maximum absolute atomic E-state index is 13.0. The fourth-order valence-corrected chi connectivity index (χ4v) is 5.33. The number of amides is 1. The second-order valence-corrected chi connectivity index (χ2v) is 18.0. The molecule has 2 fully saturated rings. The van der Waals surface area contributed by atoms with Crippen LogP contribution in [0.25, 0.3) is 0 Å². The van der Waals surface area contributed by atoms with Gasteiger partial charge in [0.2, 0.25) is 5.91 Å². The molecule has 0 aliphatic carbocycles. The zero-order valence-corrected chi connectivity index (χ0v) is 26.8. The molecule has 2 heterocycles. The molecular weight excluding hydrogens is 540 g/mol. The molecule has 1 aromatic rings. The predicted molar refractivity (Wildman–Crippen MR) is 162 cm³/mol. The zero-order chi connectivity index (χ0) is 30.5.